The van der Waals surface area contributed by atoms with Crippen LogP contribution in [0.15, 0.2) is 72.9 Å². The molecule has 24 heavy (non-hydrogen) atoms. The highest BCUT2D eigenvalue weighted by Gasteiger charge is 2.32. The number of rotatable bonds is 3. The van der Waals surface area contributed by atoms with Gasteiger partial charge in [-0.2, -0.15) is 13.2 Å². The van der Waals surface area contributed by atoms with Crippen molar-refractivity contribution in [2.75, 3.05) is 4.90 Å². The quantitative estimate of drug-likeness (QED) is 0.677. The largest absolute Gasteiger partial charge is 0.416 e. The fourth-order valence-corrected chi connectivity index (χ4v) is 3.15. The van der Waals surface area contributed by atoms with Gasteiger partial charge in [0.1, 0.15) is 0 Å². The van der Waals surface area contributed by atoms with Crippen LogP contribution < -0.4 is 4.90 Å². The van der Waals surface area contributed by atoms with Crippen LogP contribution in [0, 0.1) is 0 Å². The third-order valence-electron chi connectivity index (χ3n) is 4.27. The molecule has 0 aliphatic carbocycles. The van der Waals surface area contributed by atoms with Crippen molar-refractivity contribution >= 4 is 11.3 Å². The fraction of sp³-hybridized carbons (Fsp3) is 0.200. The van der Waals surface area contributed by atoms with Crippen molar-refractivity contribution in [3.63, 3.8) is 0 Å². The van der Waals surface area contributed by atoms with Gasteiger partial charge in [0, 0.05) is 11.4 Å². The number of alkyl halides is 3. The van der Waals surface area contributed by atoms with Crippen molar-refractivity contribution < 1.29 is 13.2 Å². The Morgan fingerprint density at radius 3 is 2.17 bits per heavy atom. The second-order valence-electron chi connectivity index (χ2n) is 5.80. The van der Waals surface area contributed by atoms with Gasteiger partial charge in [0.25, 0.3) is 0 Å². The molecule has 0 saturated carbocycles. The monoisotopic (exact) mass is 329 g/mol. The molecule has 0 spiro atoms. The van der Waals surface area contributed by atoms with Gasteiger partial charge in [-0.1, -0.05) is 43.8 Å². The van der Waals surface area contributed by atoms with Crippen LogP contribution in [0.5, 0.6) is 0 Å². The van der Waals surface area contributed by atoms with Gasteiger partial charge in [0.15, 0.2) is 0 Å². The predicted molar refractivity (Wildman–Crippen MR) is 91.6 cm³/mol. The number of para-hydroxylation sites is 1. The molecule has 2 aromatic carbocycles. The first-order valence-electron chi connectivity index (χ1n) is 7.84. The van der Waals surface area contributed by atoms with Crippen LogP contribution in [-0.2, 0) is 6.18 Å². The topological polar surface area (TPSA) is 3.24 Å². The first kappa shape index (κ1) is 16.4. The molecule has 4 heteroatoms. The molecule has 1 unspecified atom stereocenters. The molecule has 124 valence electrons. The van der Waals surface area contributed by atoms with E-state index < -0.39 is 11.7 Å². The smallest absolute Gasteiger partial charge is 0.334 e. The highest BCUT2D eigenvalue weighted by molar-refractivity contribution is 5.82. The molecule has 0 fully saturated rings. The molecule has 1 aliphatic heterocycles. The number of halogens is 3. The van der Waals surface area contributed by atoms with Crippen LogP contribution in [0.2, 0.25) is 0 Å². The summed E-state index contributed by atoms with van der Waals surface area (Å²) in [7, 11) is 0. The van der Waals surface area contributed by atoms with E-state index in [1.54, 1.807) is 12.1 Å². The summed E-state index contributed by atoms with van der Waals surface area (Å²) in [6, 6.07) is 15.3. The van der Waals surface area contributed by atoms with Crippen LogP contribution in [0.25, 0.3) is 5.57 Å². The van der Waals surface area contributed by atoms with E-state index in [1.807, 2.05) is 36.4 Å². The summed E-state index contributed by atoms with van der Waals surface area (Å²) >= 11 is 0. The number of hydrogen-bond donors (Lipinski definition) is 0. The highest BCUT2D eigenvalue weighted by atomic mass is 19.4. The standard InChI is InChI=1S/C20H18F3N/c1-3-19-18(15-9-11-16(12-10-15)20(21,22)23)13-14(2)24(19)17-7-5-4-6-8-17/h4-13,19H,2-3H2,1H3. The predicted octanol–water partition coefficient (Wildman–Crippen LogP) is 5.90. The minimum Gasteiger partial charge on any atom is -0.334 e. The molecule has 3 rings (SSSR count). The minimum atomic E-state index is -4.31. The second kappa shape index (κ2) is 6.19. The van der Waals surface area contributed by atoms with E-state index in [2.05, 4.69) is 18.4 Å². The average molecular weight is 329 g/mol. The summed E-state index contributed by atoms with van der Waals surface area (Å²) in [4.78, 5) is 2.13. The van der Waals surface area contributed by atoms with E-state index in [1.165, 1.54) is 0 Å². The van der Waals surface area contributed by atoms with E-state index in [-0.39, 0.29) is 6.04 Å². The number of anilines is 1. The molecule has 1 heterocycles. The van der Waals surface area contributed by atoms with Crippen LogP contribution in [0.4, 0.5) is 18.9 Å². The normalized spacial score (nSPS) is 18.0. The molecule has 1 atom stereocenters. The maximum absolute atomic E-state index is 12.7. The molecule has 0 radical (unpaired) electrons. The zero-order valence-electron chi connectivity index (χ0n) is 13.3. The van der Waals surface area contributed by atoms with Crippen molar-refractivity contribution in [2.24, 2.45) is 0 Å². The van der Waals surface area contributed by atoms with Crippen molar-refractivity contribution in [2.45, 2.75) is 25.6 Å². The molecule has 0 saturated heterocycles. The molecular weight excluding hydrogens is 311 g/mol. The van der Waals surface area contributed by atoms with E-state index in [9.17, 15) is 13.2 Å². The Kier molecular flexibility index (Phi) is 4.22. The summed E-state index contributed by atoms with van der Waals surface area (Å²) in [6.45, 7) is 6.18. The molecule has 0 bridgehead atoms. The molecule has 0 amide bonds. The lowest BCUT2D eigenvalue weighted by Gasteiger charge is -2.29. The summed E-state index contributed by atoms with van der Waals surface area (Å²) < 4.78 is 38.2. The third kappa shape index (κ3) is 2.96. The Morgan fingerprint density at radius 2 is 1.62 bits per heavy atom. The number of nitrogens with zero attached hydrogens (tertiary/aromatic N) is 1. The van der Waals surface area contributed by atoms with Crippen LogP contribution in [-0.4, -0.2) is 6.04 Å². The van der Waals surface area contributed by atoms with Gasteiger partial charge in [-0.25, -0.2) is 0 Å². The van der Waals surface area contributed by atoms with Gasteiger partial charge >= 0.3 is 6.18 Å². The van der Waals surface area contributed by atoms with E-state index in [4.69, 9.17) is 0 Å². The zero-order valence-corrected chi connectivity index (χ0v) is 13.3. The number of benzene rings is 2. The van der Waals surface area contributed by atoms with Gasteiger partial charge in [0.05, 0.1) is 11.6 Å². The molecule has 0 N–H and O–H groups in total. The maximum atomic E-state index is 12.7. The molecule has 2 aromatic rings. The first-order valence-corrected chi connectivity index (χ1v) is 7.84. The lowest BCUT2D eigenvalue weighted by molar-refractivity contribution is -0.137. The SMILES string of the molecule is C=C1C=C(c2ccc(C(F)(F)F)cc2)C(CC)N1c1ccccc1. The first-order chi connectivity index (χ1) is 11.4. The second-order valence-corrected chi connectivity index (χ2v) is 5.80. The molecule has 0 aromatic heterocycles. The lowest BCUT2D eigenvalue weighted by atomic mass is 9.97. The Bertz CT molecular complexity index is 758. The minimum absolute atomic E-state index is 0.0663. The third-order valence-corrected chi connectivity index (χ3v) is 4.27. The maximum Gasteiger partial charge on any atom is 0.416 e. The summed E-state index contributed by atoms with van der Waals surface area (Å²) in [6.07, 6.45) is -1.52. The Labute approximate surface area is 139 Å². The molecule has 1 aliphatic rings. The Morgan fingerprint density at radius 1 is 1.00 bits per heavy atom. The molecular formula is C20H18F3N. The molecule has 1 nitrogen and oxygen atoms in total. The van der Waals surface area contributed by atoms with E-state index in [0.717, 1.165) is 41.1 Å². The summed E-state index contributed by atoms with van der Waals surface area (Å²) in [5.74, 6) is 0. The summed E-state index contributed by atoms with van der Waals surface area (Å²) in [5, 5.41) is 0. The number of hydrogen-bond acceptors (Lipinski definition) is 1. The van der Waals surface area contributed by atoms with Crippen molar-refractivity contribution in [3.8, 4) is 0 Å². The van der Waals surface area contributed by atoms with Gasteiger partial charge in [-0.05, 0) is 47.9 Å². The number of allylic oxidation sites excluding steroid dienone is 1. The van der Waals surface area contributed by atoms with E-state index in [0.29, 0.717) is 0 Å². The van der Waals surface area contributed by atoms with Gasteiger partial charge in [-0.3, -0.25) is 0 Å². The fourth-order valence-electron chi connectivity index (χ4n) is 3.15. The lowest BCUT2D eigenvalue weighted by Crippen LogP contribution is -2.29. The summed E-state index contributed by atoms with van der Waals surface area (Å²) in [5.41, 5.74) is 3.06. The Hall–Kier alpha value is -2.49. The average Bonchev–Trinajstić information content (AvgIpc) is 2.91. The Balaban J connectivity index is 1.94. The van der Waals surface area contributed by atoms with E-state index >= 15 is 0 Å². The zero-order chi connectivity index (χ0) is 17.3. The van der Waals surface area contributed by atoms with Gasteiger partial charge in [-0.15, -0.1) is 0 Å². The van der Waals surface area contributed by atoms with Crippen molar-refractivity contribution in [1.82, 2.24) is 0 Å². The van der Waals surface area contributed by atoms with Crippen LogP contribution in [0.3, 0.4) is 0 Å². The van der Waals surface area contributed by atoms with Gasteiger partial charge < -0.3 is 4.90 Å². The van der Waals surface area contributed by atoms with Crippen molar-refractivity contribution in [3.05, 3.63) is 84.1 Å². The van der Waals surface area contributed by atoms with Crippen molar-refractivity contribution in [1.29, 1.82) is 0 Å². The van der Waals surface area contributed by atoms with Gasteiger partial charge in [0.2, 0.25) is 0 Å². The van der Waals surface area contributed by atoms with Crippen LogP contribution in [0.1, 0.15) is 24.5 Å². The van der Waals surface area contributed by atoms with Crippen LogP contribution >= 0.6 is 0 Å². The highest BCUT2D eigenvalue weighted by Crippen LogP contribution is 2.39.